The summed E-state index contributed by atoms with van der Waals surface area (Å²) in [6.45, 7) is 4.15. The lowest BCUT2D eigenvalue weighted by atomic mass is 10.2. The van der Waals surface area contributed by atoms with E-state index in [-0.39, 0.29) is 0 Å². The van der Waals surface area contributed by atoms with Crippen molar-refractivity contribution in [2.24, 2.45) is 4.99 Å². The van der Waals surface area contributed by atoms with Crippen LogP contribution in [0.2, 0.25) is 0 Å². The van der Waals surface area contributed by atoms with E-state index in [4.69, 9.17) is 9.26 Å². The number of nitrogens with zero attached hydrogens (tertiary/aromatic N) is 4. The van der Waals surface area contributed by atoms with Crippen molar-refractivity contribution in [3.8, 4) is 5.75 Å². The fourth-order valence-electron chi connectivity index (χ4n) is 2.88. The van der Waals surface area contributed by atoms with Gasteiger partial charge in [0, 0.05) is 37.9 Å². The smallest absolute Gasteiger partial charge is 0.246 e. The van der Waals surface area contributed by atoms with Gasteiger partial charge in [0.25, 0.3) is 0 Å². The second-order valence-electron chi connectivity index (χ2n) is 5.94. The normalized spacial score (nSPS) is 17.6. The average Bonchev–Trinajstić information content (AvgIpc) is 3.27. The van der Waals surface area contributed by atoms with Crippen LogP contribution in [0.15, 0.2) is 33.8 Å². The number of nitrogens with one attached hydrogen (secondary N) is 2. The van der Waals surface area contributed by atoms with Gasteiger partial charge in [0.05, 0.1) is 13.7 Å². The zero-order chi connectivity index (χ0) is 17.6. The SMILES string of the molecule is CN=C(NCc1nc(C)no1)NC1CCN(c2cccc(OC)c2)C1. The topological polar surface area (TPSA) is 87.8 Å². The van der Waals surface area contributed by atoms with Crippen LogP contribution in [-0.2, 0) is 6.54 Å². The van der Waals surface area contributed by atoms with Crippen molar-refractivity contribution in [3.63, 3.8) is 0 Å². The van der Waals surface area contributed by atoms with E-state index >= 15 is 0 Å². The van der Waals surface area contributed by atoms with Gasteiger partial charge in [-0.25, -0.2) is 0 Å². The van der Waals surface area contributed by atoms with Crippen molar-refractivity contribution in [2.45, 2.75) is 25.9 Å². The third-order valence-electron chi connectivity index (χ3n) is 4.15. The van der Waals surface area contributed by atoms with Crippen molar-refractivity contribution < 1.29 is 9.26 Å². The van der Waals surface area contributed by atoms with E-state index < -0.39 is 0 Å². The van der Waals surface area contributed by atoms with Gasteiger partial charge < -0.3 is 24.8 Å². The van der Waals surface area contributed by atoms with Crippen LogP contribution in [0, 0.1) is 6.92 Å². The maximum Gasteiger partial charge on any atom is 0.246 e. The number of aliphatic imine (C=N–C) groups is 1. The summed E-state index contributed by atoms with van der Waals surface area (Å²) in [7, 11) is 3.44. The van der Waals surface area contributed by atoms with Crippen molar-refractivity contribution in [3.05, 3.63) is 36.0 Å². The summed E-state index contributed by atoms with van der Waals surface area (Å²) in [6, 6.07) is 8.47. The maximum atomic E-state index is 5.31. The zero-order valence-electron chi connectivity index (χ0n) is 14.8. The Labute approximate surface area is 147 Å². The van der Waals surface area contributed by atoms with Gasteiger partial charge in [-0.3, -0.25) is 4.99 Å². The van der Waals surface area contributed by atoms with E-state index in [2.05, 4.69) is 42.8 Å². The Kier molecular flexibility index (Phi) is 5.37. The van der Waals surface area contributed by atoms with Gasteiger partial charge in [-0.05, 0) is 25.5 Å². The van der Waals surface area contributed by atoms with Crippen LogP contribution in [0.1, 0.15) is 18.1 Å². The summed E-state index contributed by atoms with van der Waals surface area (Å²) in [4.78, 5) is 10.8. The first-order valence-corrected chi connectivity index (χ1v) is 8.33. The molecule has 2 aromatic rings. The fraction of sp³-hybridized carbons (Fsp3) is 0.471. The lowest BCUT2D eigenvalue weighted by Gasteiger charge is -2.20. The van der Waals surface area contributed by atoms with E-state index in [1.807, 2.05) is 12.1 Å². The molecule has 2 heterocycles. The van der Waals surface area contributed by atoms with Crippen LogP contribution >= 0.6 is 0 Å². The number of hydrogen-bond donors (Lipinski definition) is 2. The number of aromatic nitrogens is 2. The Morgan fingerprint density at radius 3 is 3.08 bits per heavy atom. The van der Waals surface area contributed by atoms with E-state index in [0.29, 0.717) is 24.3 Å². The molecule has 2 N–H and O–H groups in total. The van der Waals surface area contributed by atoms with E-state index in [0.717, 1.165) is 31.2 Å². The Bertz CT molecular complexity index is 729. The number of rotatable bonds is 5. The molecule has 0 spiro atoms. The van der Waals surface area contributed by atoms with E-state index in [1.54, 1.807) is 21.1 Å². The molecule has 0 amide bonds. The first kappa shape index (κ1) is 17.1. The Hall–Kier alpha value is -2.77. The lowest BCUT2D eigenvalue weighted by Crippen LogP contribution is -2.44. The quantitative estimate of drug-likeness (QED) is 0.625. The Balaban J connectivity index is 1.52. The number of methoxy groups -OCH3 is 1. The third-order valence-corrected chi connectivity index (χ3v) is 4.15. The van der Waals surface area contributed by atoms with Gasteiger partial charge in [-0.2, -0.15) is 4.98 Å². The summed E-state index contributed by atoms with van der Waals surface area (Å²) < 4.78 is 10.4. The second-order valence-corrected chi connectivity index (χ2v) is 5.94. The fourth-order valence-corrected chi connectivity index (χ4v) is 2.88. The molecule has 1 aromatic carbocycles. The molecule has 1 aliphatic rings. The van der Waals surface area contributed by atoms with Gasteiger partial charge in [0.15, 0.2) is 11.8 Å². The van der Waals surface area contributed by atoms with Gasteiger partial charge in [0.2, 0.25) is 5.89 Å². The average molecular weight is 344 g/mol. The summed E-state index contributed by atoms with van der Waals surface area (Å²) in [5.74, 6) is 2.78. The highest BCUT2D eigenvalue weighted by atomic mass is 16.5. The lowest BCUT2D eigenvalue weighted by molar-refractivity contribution is 0.371. The summed E-state index contributed by atoms with van der Waals surface area (Å²) in [5, 5.41) is 10.4. The van der Waals surface area contributed by atoms with Crippen LogP contribution in [0.3, 0.4) is 0 Å². The van der Waals surface area contributed by atoms with Crippen molar-refractivity contribution in [2.75, 3.05) is 32.1 Å². The number of hydrogen-bond acceptors (Lipinski definition) is 6. The number of guanidine groups is 1. The Morgan fingerprint density at radius 2 is 2.36 bits per heavy atom. The van der Waals surface area contributed by atoms with E-state index in [1.165, 1.54) is 5.69 Å². The number of benzene rings is 1. The van der Waals surface area contributed by atoms with Crippen molar-refractivity contribution in [1.29, 1.82) is 0 Å². The van der Waals surface area contributed by atoms with E-state index in [9.17, 15) is 0 Å². The maximum absolute atomic E-state index is 5.31. The number of ether oxygens (including phenoxy) is 1. The molecule has 0 saturated carbocycles. The summed E-state index contributed by atoms with van der Waals surface area (Å²) in [6.07, 6.45) is 1.04. The predicted molar refractivity (Wildman–Crippen MR) is 96.0 cm³/mol. The van der Waals surface area contributed by atoms with Gasteiger partial charge in [-0.1, -0.05) is 11.2 Å². The molecule has 1 fully saturated rings. The van der Waals surface area contributed by atoms with Crippen molar-refractivity contribution >= 4 is 11.6 Å². The van der Waals surface area contributed by atoms with Gasteiger partial charge in [-0.15, -0.1) is 0 Å². The van der Waals surface area contributed by atoms with Crippen LogP contribution in [0.25, 0.3) is 0 Å². The highest BCUT2D eigenvalue weighted by molar-refractivity contribution is 5.80. The third kappa shape index (κ3) is 4.40. The molecule has 1 saturated heterocycles. The predicted octanol–water partition coefficient (Wildman–Crippen LogP) is 1.33. The first-order chi connectivity index (χ1) is 12.2. The van der Waals surface area contributed by atoms with Crippen LogP contribution in [0.4, 0.5) is 5.69 Å². The molecule has 1 atom stereocenters. The first-order valence-electron chi connectivity index (χ1n) is 8.33. The van der Waals surface area contributed by atoms with Crippen LogP contribution in [0.5, 0.6) is 5.75 Å². The number of anilines is 1. The molecule has 0 aliphatic carbocycles. The Morgan fingerprint density at radius 1 is 1.48 bits per heavy atom. The van der Waals surface area contributed by atoms with Gasteiger partial charge in [0.1, 0.15) is 5.75 Å². The minimum absolute atomic E-state index is 0.321. The molecule has 8 nitrogen and oxygen atoms in total. The highest BCUT2D eigenvalue weighted by Gasteiger charge is 2.23. The number of aryl methyl sites for hydroxylation is 1. The summed E-state index contributed by atoms with van der Waals surface area (Å²) >= 11 is 0. The molecule has 0 bridgehead atoms. The molecule has 1 unspecified atom stereocenters. The molecule has 1 aliphatic heterocycles. The minimum Gasteiger partial charge on any atom is -0.497 e. The molecule has 8 heteroatoms. The largest absolute Gasteiger partial charge is 0.497 e. The highest BCUT2D eigenvalue weighted by Crippen LogP contribution is 2.24. The molecular formula is C17H24N6O2. The molecule has 3 rings (SSSR count). The molecule has 0 radical (unpaired) electrons. The molecule has 1 aromatic heterocycles. The van der Waals surface area contributed by atoms with Crippen molar-refractivity contribution in [1.82, 2.24) is 20.8 Å². The summed E-state index contributed by atoms with van der Waals surface area (Å²) in [5.41, 5.74) is 1.17. The molecule has 25 heavy (non-hydrogen) atoms. The van der Waals surface area contributed by atoms with Gasteiger partial charge >= 0.3 is 0 Å². The van der Waals surface area contributed by atoms with Crippen LogP contribution < -0.4 is 20.3 Å². The van der Waals surface area contributed by atoms with Crippen LogP contribution in [-0.4, -0.2) is 49.4 Å². The molecular weight excluding hydrogens is 320 g/mol. The minimum atomic E-state index is 0.321. The standard InChI is InChI=1S/C17H24N6O2/c1-12-20-16(25-22-12)10-19-17(18-2)21-13-7-8-23(11-13)14-5-4-6-15(9-14)24-3/h4-6,9,13H,7-8,10-11H2,1-3H3,(H2,18,19,21). The molecule has 134 valence electrons. The zero-order valence-corrected chi connectivity index (χ0v) is 14.8. The monoisotopic (exact) mass is 344 g/mol. The second kappa shape index (κ2) is 7.87.